The molecule has 522 valence electrons. The number of alkyl halides is 13. The van der Waals surface area contributed by atoms with Crippen molar-refractivity contribution in [1.82, 2.24) is 0 Å². The molecule has 87 heavy (non-hydrogen) atoms. The van der Waals surface area contributed by atoms with Crippen LogP contribution in [0.1, 0.15) is 194 Å². The minimum absolute atomic E-state index is 0.0286. The van der Waals surface area contributed by atoms with Crippen LogP contribution in [0.3, 0.4) is 0 Å². The molecular weight excluding hydrogens is 1190 g/mol. The molecule has 0 amide bonds. The van der Waals surface area contributed by atoms with E-state index in [0.717, 1.165) is 64.2 Å². The summed E-state index contributed by atoms with van der Waals surface area (Å²) in [7, 11) is 0. The van der Waals surface area contributed by atoms with Gasteiger partial charge in [0.2, 0.25) is 0 Å². The van der Waals surface area contributed by atoms with E-state index in [1.54, 1.807) is 0 Å². The van der Waals surface area contributed by atoms with Crippen molar-refractivity contribution in [3.8, 4) is 0 Å². The molecule has 10 atom stereocenters. The number of rotatable bonds is 50. The van der Waals surface area contributed by atoms with Crippen LogP contribution in [0.4, 0.5) is 57.1 Å². The maximum absolute atomic E-state index is 13.5. The van der Waals surface area contributed by atoms with Crippen molar-refractivity contribution in [2.24, 2.45) is 10.8 Å². The summed E-state index contributed by atoms with van der Waals surface area (Å²) in [5.41, 5.74) is -1.82. The second-order valence-electron chi connectivity index (χ2n) is 22.8. The summed E-state index contributed by atoms with van der Waals surface area (Å²) in [6.07, 6.45) is -2.13. The molecule has 0 bridgehead atoms. The predicted octanol–water partition coefficient (Wildman–Crippen LogP) is 15.0. The van der Waals surface area contributed by atoms with E-state index >= 15 is 0 Å². The molecule has 0 rings (SSSR count). The molecule has 1 N–H and O–H groups in total. The van der Waals surface area contributed by atoms with Gasteiger partial charge in [0.15, 0.2) is 0 Å². The maximum Gasteiger partial charge on any atom is 0.460 e. The van der Waals surface area contributed by atoms with Gasteiger partial charge in [-0.2, -0.15) is 57.1 Å². The topological polar surface area (TPSA) is 156 Å². The zero-order chi connectivity index (χ0) is 67.7. The van der Waals surface area contributed by atoms with Gasteiger partial charge >= 0.3 is 47.7 Å². The highest BCUT2D eigenvalue weighted by Gasteiger charge is 2.90. The van der Waals surface area contributed by atoms with Crippen molar-refractivity contribution in [3.05, 3.63) is 0 Å². The summed E-state index contributed by atoms with van der Waals surface area (Å²) in [5, 5.41) is 9.83. The summed E-state index contributed by atoms with van der Waals surface area (Å²) in [6.45, 7) is 33.2. The largest absolute Gasteiger partial charge is 0.465 e. The summed E-state index contributed by atoms with van der Waals surface area (Å²) < 4.78 is 233. The van der Waals surface area contributed by atoms with Crippen molar-refractivity contribution < 1.29 is 124 Å². The standard InChI is InChI=1S/C46H92O12.C14H15F13O2/c1-14-35(47)25-49-36(15-2)26-50-37(16-3)27-51-38(17-4)28-52-39(18-5)29-53-40(19-6)30-54-41(20-7)31-55-42(21-8)32-56-43(22-9)33-57-44(23-10)34-58-45(48)46(12,13)24-11;1-4-8(2,3)7(28)29-6-5-9(15,16)10(17,18)11(19,20)12(21,22)13(23,24)14(25,26)27/h35-44,47H,14-34H2,1-13H3;4-6H2,1-3H3. The molecule has 10 unspecified atom stereocenters. The molecule has 0 aliphatic heterocycles. The van der Waals surface area contributed by atoms with Crippen molar-refractivity contribution in [2.75, 3.05) is 72.7 Å². The summed E-state index contributed by atoms with van der Waals surface area (Å²) in [6, 6.07) is 0. The molecule has 14 nitrogen and oxygen atoms in total. The molecule has 0 aromatic heterocycles. The number of carbonyl (C=O) groups excluding carboxylic acids is 2. The average molecular weight is 1300 g/mol. The predicted molar refractivity (Wildman–Crippen MR) is 302 cm³/mol. The second kappa shape index (κ2) is 42.0. The summed E-state index contributed by atoms with van der Waals surface area (Å²) >= 11 is 0. The average Bonchev–Trinajstić information content (AvgIpc) is 0.783. The lowest BCUT2D eigenvalue weighted by Crippen LogP contribution is -2.70. The van der Waals surface area contributed by atoms with Crippen molar-refractivity contribution in [3.63, 3.8) is 0 Å². The van der Waals surface area contributed by atoms with E-state index in [-0.39, 0.29) is 73.9 Å². The van der Waals surface area contributed by atoms with Gasteiger partial charge in [-0.15, -0.1) is 0 Å². The third-order valence-corrected chi connectivity index (χ3v) is 15.2. The molecule has 0 aromatic carbocycles. The number of hydrogen-bond acceptors (Lipinski definition) is 14. The Hall–Kier alpha value is -2.37. The first kappa shape index (κ1) is 86.7. The first-order chi connectivity index (χ1) is 40.3. The number of halogens is 13. The van der Waals surface area contributed by atoms with E-state index in [4.69, 9.17) is 47.4 Å². The zero-order valence-electron chi connectivity index (χ0n) is 54.4. The minimum Gasteiger partial charge on any atom is -0.465 e. The molecular formula is C60H107F13O14. The van der Waals surface area contributed by atoms with E-state index in [2.05, 4.69) is 60.1 Å². The van der Waals surface area contributed by atoms with Gasteiger partial charge in [-0.05, 0) is 105 Å². The normalized spacial score (nSPS) is 16.9. The second-order valence-corrected chi connectivity index (χ2v) is 22.8. The highest BCUT2D eigenvalue weighted by Crippen LogP contribution is 2.60. The van der Waals surface area contributed by atoms with E-state index in [1.807, 2.05) is 34.6 Å². The van der Waals surface area contributed by atoms with Gasteiger partial charge < -0.3 is 57.2 Å². The van der Waals surface area contributed by atoms with E-state index in [0.29, 0.717) is 65.9 Å². The van der Waals surface area contributed by atoms with Gasteiger partial charge in [-0.25, -0.2) is 0 Å². The summed E-state index contributed by atoms with van der Waals surface area (Å²) in [5.74, 6) is -38.6. The van der Waals surface area contributed by atoms with Crippen LogP contribution in [0.2, 0.25) is 0 Å². The lowest BCUT2D eigenvalue weighted by molar-refractivity contribution is -0.440. The maximum atomic E-state index is 13.5. The van der Waals surface area contributed by atoms with Gasteiger partial charge in [-0.1, -0.05) is 83.1 Å². The van der Waals surface area contributed by atoms with Crippen LogP contribution in [0, 0.1) is 10.8 Å². The third kappa shape index (κ3) is 29.4. The van der Waals surface area contributed by atoms with Crippen molar-refractivity contribution in [1.29, 1.82) is 0 Å². The van der Waals surface area contributed by atoms with Crippen molar-refractivity contribution >= 4 is 11.9 Å². The zero-order valence-corrected chi connectivity index (χ0v) is 54.4. The number of aliphatic hydroxyl groups is 1. The Morgan fingerprint density at radius 1 is 0.322 bits per heavy atom. The molecule has 0 aromatic rings. The first-order valence-electron chi connectivity index (χ1n) is 30.8. The van der Waals surface area contributed by atoms with Crippen molar-refractivity contribution in [2.45, 2.75) is 291 Å². The lowest BCUT2D eigenvalue weighted by Gasteiger charge is -2.39. The molecule has 0 saturated carbocycles. The van der Waals surface area contributed by atoms with E-state index in [1.165, 1.54) is 20.8 Å². The van der Waals surface area contributed by atoms with Crippen LogP contribution in [0.5, 0.6) is 0 Å². The first-order valence-corrected chi connectivity index (χ1v) is 30.8. The molecule has 0 saturated heterocycles. The van der Waals surface area contributed by atoms with Crippen LogP contribution < -0.4 is 0 Å². The Morgan fingerprint density at radius 2 is 0.552 bits per heavy atom. The SMILES string of the molecule is CCC(C)(C)C(=O)OCCC(F)(F)C(F)(F)C(F)(F)C(F)(F)C(F)(F)C(F)(F)F.CCC(O)COC(CC)COC(CC)COC(CC)COC(CC)COC(CC)COC(CC)COC(CC)COC(CC)COC(CC)COC(=O)C(C)(C)CC. The molecule has 27 heteroatoms. The van der Waals surface area contributed by atoms with Gasteiger partial charge in [0, 0.05) is 0 Å². The Morgan fingerprint density at radius 3 is 0.782 bits per heavy atom. The number of esters is 2. The third-order valence-electron chi connectivity index (χ3n) is 15.2. The van der Waals surface area contributed by atoms with E-state index in [9.17, 15) is 71.8 Å². The fourth-order valence-corrected chi connectivity index (χ4v) is 6.95. The molecule has 0 aliphatic rings. The number of aliphatic hydroxyl groups excluding tert-OH is 1. The molecule has 0 aliphatic carbocycles. The fourth-order valence-electron chi connectivity index (χ4n) is 6.95. The Kier molecular flexibility index (Phi) is 41.8. The lowest BCUT2D eigenvalue weighted by atomic mass is 9.90. The van der Waals surface area contributed by atoms with Gasteiger partial charge in [0.1, 0.15) is 6.61 Å². The van der Waals surface area contributed by atoms with Gasteiger partial charge in [-0.3, -0.25) is 9.59 Å². The van der Waals surface area contributed by atoms with Crippen LogP contribution in [0.25, 0.3) is 0 Å². The molecule has 0 heterocycles. The Labute approximate surface area is 509 Å². The van der Waals surface area contributed by atoms with Gasteiger partial charge in [0.25, 0.3) is 0 Å². The molecule has 0 fully saturated rings. The summed E-state index contributed by atoms with van der Waals surface area (Å²) in [4.78, 5) is 23.9. The minimum atomic E-state index is -7.94. The number of ether oxygens (including phenoxy) is 11. The number of hydrogen-bond donors (Lipinski definition) is 1. The Bertz CT molecular complexity index is 1800. The molecule has 0 radical (unpaired) electrons. The Balaban J connectivity index is 0. The van der Waals surface area contributed by atoms with Gasteiger partial charge in [0.05, 0.1) is 144 Å². The van der Waals surface area contributed by atoms with Crippen LogP contribution in [0.15, 0.2) is 0 Å². The van der Waals surface area contributed by atoms with Crippen LogP contribution in [-0.4, -0.2) is 187 Å². The van der Waals surface area contributed by atoms with E-state index < -0.39 is 71.7 Å². The number of carbonyl (C=O) groups is 2. The van der Waals surface area contributed by atoms with Crippen LogP contribution in [-0.2, 0) is 61.7 Å². The fraction of sp³-hybridized carbons (Fsp3) is 0.967. The smallest absolute Gasteiger partial charge is 0.460 e. The quantitative estimate of drug-likeness (QED) is 0.0453. The highest BCUT2D eigenvalue weighted by molar-refractivity contribution is 5.76. The highest BCUT2D eigenvalue weighted by atomic mass is 19.4. The molecule has 0 spiro atoms. The monoisotopic (exact) mass is 1300 g/mol. The van der Waals surface area contributed by atoms with Crippen LogP contribution >= 0.6 is 0 Å².